The van der Waals surface area contributed by atoms with E-state index in [1.54, 1.807) is 12.5 Å². The number of aromatic nitrogens is 4. The van der Waals surface area contributed by atoms with Crippen molar-refractivity contribution in [1.82, 2.24) is 19.7 Å². The molecule has 0 aromatic carbocycles. The predicted octanol–water partition coefficient (Wildman–Crippen LogP) is 0.152. The lowest BCUT2D eigenvalue weighted by Gasteiger charge is -2.30. The third-order valence-corrected chi connectivity index (χ3v) is 3.04. The Kier molecular flexibility index (Phi) is 2.49. The summed E-state index contributed by atoms with van der Waals surface area (Å²) in [4.78, 5) is 6.56. The summed E-state index contributed by atoms with van der Waals surface area (Å²) in [5, 5.41) is 8.03. The first-order valence-electron chi connectivity index (χ1n) is 5.64. The standard InChI is InChI=1S/C11H14N6/c12-6-9-10(2-1-3-13-9)16-4-5-17-8-14-15-11(17)7-16/h1-3,8H,4-7,12H2. The minimum Gasteiger partial charge on any atom is -0.361 e. The Morgan fingerprint density at radius 3 is 3.18 bits per heavy atom. The van der Waals surface area contributed by atoms with Crippen LogP contribution < -0.4 is 10.6 Å². The molecule has 0 atom stereocenters. The lowest BCUT2D eigenvalue weighted by molar-refractivity contribution is 0.558. The minimum absolute atomic E-state index is 0.458. The molecule has 6 heteroatoms. The summed E-state index contributed by atoms with van der Waals surface area (Å²) in [6, 6.07) is 4.00. The third-order valence-electron chi connectivity index (χ3n) is 3.04. The second kappa shape index (κ2) is 4.14. The molecule has 0 saturated carbocycles. The second-order valence-corrected chi connectivity index (χ2v) is 4.04. The van der Waals surface area contributed by atoms with Crippen molar-refractivity contribution in [3.05, 3.63) is 36.2 Å². The Hall–Kier alpha value is -1.95. The average molecular weight is 230 g/mol. The third kappa shape index (κ3) is 1.76. The zero-order chi connectivity index (χ0) is 11.7. The van der Waals surface area contributed by atoms with Crippen molar-refractivity contribution in [2.45, 2.75) is 19.6 Å². The van der Waals surface area contributed by atoms with Crippen LogP contribution in [-0.4, -0.2) is 26.3 Å². The Morgan fingerprint density at radius 1 is 1.35 bits per heavy atom. The lowest BCUT2D eigenvalue weighted by Crippen LogP contribution is -2.34. The highest BCUT2D eigenvalue weighted by atomic mass is 15.3. The van der Waals surface area contributed by atoms with E-state index in [-0.39, 0.29) is 0 Å². The van der Waals surface area contributed by atoms with Gasteiger partial charge in [0, 0.05) is 25.8 Å². The quantitative estimate of drug-likeness (QED) is 0.795. The first-order valence-corrected chi connectivity index (χ1v) is 5.64. The van der Waals surface area contributed by atoms with E-state index in [9.17, 15) is 0 Å². The Morgan fingerprint density at radius 2 is 2.29 bits per heavy atom. The molecule has 2 aromatic rings. The number of pyridine rings is 1. The van der Waals surface area contributed by atoms with Gasteiger partial charge in [-0.3, -0.25) is 4.98 Å². The molecule has 0 aliphatic carbocycles. The summed E-state index contributed by atoms with van der Waals surface area (Å²) in [6.45, 7) is 3.06. The van der Waals surface area contributed by atoms with E-state index in [0.29, 0.717) is 6.54 Å². The van der Waals surface area contributed by atoms with Crippen LogP contribution in [0.4, 0.5) is 5.69 Å². The largest absolute Gasteiger partial charge is 0.361 e. The highest BCUT2D eigenvalue weighted by Gasteiger charge is 2.19. The number of nitrogens with zero attached hydrogens (tertiary/aromatic N) is 5. The van der Waals surface area contributed by atoms with E-state index in [0.717, 1.165) is 36.8 Å². The highest BCUT2D eigenvalue weighted by Crippen LogP contribution is 2.22. The molecule has 0 spiro atoms. The van der Waals surface area contributed by atoms with E-state index in [1.165, 1.54) is 0 Å². The summed E-state index contributed by atoms with van der Waals surface area (Å²) < 4.78 is 2.08. The van der Waals surface area contributed by atoms with Gasteiger partial charge in [0.2, 0.25) is 0 Å². The van der Waals surface area contributed by atoms with E-state index < -0.39 is 0 Å². The molecule has 1 aliphatic heterocycles. The summed E-state index contributed by atoms with van der Waals surface area (Å²) in [5.74, 6) is 0.989. The SMILES string of the molecule is NCc1ncccc1N1CCn2cnnc2C1. The monoisotopic (exact) mass is 230 g/mol. The fraction of sp³-hybridized carbons (Fsp3) is 0.364. The molecule has 3 rings (SSSR count). The molecule has 3 heterocycles. The maximum absolute atomic E-state index is 5.71. The number of hydrogen-bond donors (Lipinski definition) is 1. The van der Waals surface area contributed by atoms with Crippen LogP contribution in [0.3, 0.4) is 0 Å². The van der Waals surface area contributed by atoms with Crippen LogP contribution in [0.2, 0.25) is 0 Å². The molecule has 0 saturated heterocycles. The van der Waals surface area contributed by atoms with Gasteiger partial charge in [-0.25, -0.2) is 0 Å². The van der Waals surface area contributed by atoms with Crippen LogP contribution in [0.1, 0.15) is 11.5 Å². The van der Waals surface area contributed by atoms with Crippen molar-refractivity contribution in [2.75, 3.05) is 11.4 Å². The van der Waals surface area contributed by atoms with Crippen molar-refractivity contribution in [3.63, 3.8) is 0 Å². The zero-order valence-electron chi connectivity index (χ0n) is 9.45. The average Bonchev–Trinajstić information content (AvgIpc) is 2.85. The van der Waals surface area contributed by atoms with Gasteiger partial charge in [-0.2, -0.15) is 0 Å². The topological polar surface area (TPSA) is 72.9 Å². The van der Waals surface area contributed by atoms with Gasteiger partial charge in [0.15, 0.2) is 5.82 Å². The first kappa shape index (κ1) is 10.2. The zero-order valence-corrected chi connectivity index (χ0v) is 9.45. The molecule has 1 aliphatic rings. The van der Waals surface area contributed by atoms with Crippen molar-refractivity contribution < 1.29 is 0 Å². The molecule has 0 radical (unpaired) electrons. The second-order valence-electron chi connectivity index (χ2n) is 4.04. The van der Waals surface area contributed by atoms with Crippen molar-refractivity contribution in [3.8, 4) is 0 Å². The van der Waals surface area contributed by atoms with Gasteiger partial charge in [0.25, 0.3) is 0 Å². The Balaban J connectivity index is 1.91. The van der Waals surface area contributed by atoms with Gasteiger partial charge in [-0.05, 0) is 12.1 Å². The van der Waals surface area contributed by atoms with Crippen molar-refractivity contribution >= 4 is 5.69 Å². The van der Waals surface area contributed by atoms with Gasteiger partial charge in [-0.1, -0.05) is 0 Å². The fourth-order valence-corrected chi connectivity index (χ4v) is 2.15. The van der Waals surface area contributed by atoms with Gasteiger partial charge in [0.05, 0.1) is 17.9 Å². The van der Waals surface area contributed by atoms with Crippen molar-refractivity contribution in [2.24, 2.45) is 5.73 Å². The first-order chi connectivity index (χ1) is 8.38. The molecule has 0 fully saturated rings. The lowest BCUT2D eigenvalue weighted by atomic mass is 10.2. The van der Waals surface area contributed by atoms with Crippen LogP contribution in [0.15, 0.2) is 24.7 Å². The van der Waals surface area contributed by atoms with E-state index in [2.05, 4.69) is 30.7 Å². The van der Waals surface area contributed by atoms with Crippen LogP contribution in [-0.2, 0) is 19.6 Å². The molecule has 17 heavy (non-hydrogen) atoms. The van der Waals surface area contributed by atoms with E-state index in [1.807, 2.05) is 6.07 Å². The molecule has 0 amide bonds. The van der Waals surface area contributed by atoms with Crippen LogP contribution >= 0.6 is 0 Å². The summed E-state index contributed by atoms with van der Waals surface area (Å²) in [5.41, 5.74) is 7.74. The van der Waals surface area contributed by atoms with Crippen LogP contribution in [0.5, 0.6) is 0 Å². The number of fused-ring (bicyclic) bond motifs is 1. The summed E-state index contributed by atoms with van der Waals surface area (Å²) in [7, 11) is 0. The predicted molar refractivity (Wildman–Crippen MR) is 63.2 cm³/mol. The highest BCUT2D eigenvalue weighted by molar-refractivity contribution is 5.50. The van der Waals surface area contributed by atoms with Gasteiger partial charge in [-0.15, -0.1) is 10.2 Å². The molecule has 2 N–H and O–H groups in total. The van der Waals surface area contributed by atoms with Gasteiger partial charge >= 0.3 is 0 Å². The van der Waals surface area contributed by atoms with Gasteiger partial charge in [0.1, 0.15) is 6.33 Å². The molecular formula is C11H14N6. The molecule has 88 valence electrons. The maximum atomic E-state index is 5.71. The van der Waals surface area contributed by atoms with Crippen molar-refractivity contribution in [1.29, 1.82) is 0 Å². The minimum atomic E-state index is 0.458. The summed E-state index contributed by atoms with van der Waals surface area (Å²) >= 11 is 0. The Bertz CT molecular complexity index is 520. The van der Waals surface area contributed by atoms with Crippen LogP contribution in [0, 0.1) is 0 Å². The van der Waals surface area contributed by atoms with E-state index >= 15 is 0 Å². The molecule has 2 aromatic heterocycles. The number of hydrogen-bond acceptors (Lipinski definition) is 5. The molecular weight excluding hydrogens is 216 g/mol. The van der Waals surface area contributed by atoms with Crippen LogP contribution in [0.25, 0.3) is 0 Å². The normalized spacial score (nSPS) is 14.8. The van der Waals surface area contributed by atoms with E-state index in [4.69, 9.17) is 5.73 Å². The number of nitrogens with two attached hydrogens (primary N) is 1. The summed E-state index contributed by atoms with van der Waals surface area (Å²) in [6.07, 6.45) is 3.55. The number of anilines is 1. The molecule has 0 bridgehead atoms. The smallest absolute Gasteiger partial charge is 0.152 e. The van der Waals surface area contributed by atoms with Gasteiger partial charge < -0.3 is 15.2 Å². The fourth-order valence-electron chi connectivity index (χ4n) is 2.15. The number of rotatable bonds is 2. The molecule has 0 unspecified atom stereocenters. The molecule has 6 nitrogen and oxygen atoms in total. The Labute approximate surface area is 99.1 Å². The maximum Gasteiger partial charge on any atom is 0.152 e.